The van der Waals surface area contributed by atoms with Crippen LogP contribution >= 0.6 is 0 Å². The summed E-state index contributed by atoms with van der Waals surface area (Å²) >= 11 is 0. The molecular weight excluding hydrogens is 120 g/mol. The predicted molar refractivity (Wildman–Crippen MR) is 34.2 cm³/mol. The Morgan fingerprint density at radius 2 is 2.33 bits per heavy atom. The molecule has 1 rings (SSSR count). The van der Waals surface area contributed by atoms with Crippen LogP contribution in [-0.4, -0.2) is 29.9 Å². The van der Waals surface area contributed by atoms with E-state index >= 15 is 0 Å². The lowest BCUT2D eigenvalue weighted by molar-refractivity contribution is 0.0431. The Kier molecular flexibility index (Phi) is 3.77. The van der Waals surface area contributed by atoms with Crippen molar-refractivity contribution in [1.82, 2.24) is 0 Å². The molecule has 0 radical (unpaired) electrons. The second-order valence-corrected chi connectivity index (χ2v) is 2.36. The van der Waals surface area contributed by atoms with E-state index in [0.29, 0.717) is 5.92 Å². The summed E-state index contributed by atoms with van der Waals surface area (Å²) in [6.07, 6.45) is 1.22. The molecule has 0 spiro atoms. The van der Waals surface area contributed by atoms with Gasteiger partial charge in [0.15, 0.2) is 0 Å². The van der Waals surface area contributed by atoms with Gasteiger partial charge in [0, 0.05) is 6.61 Å². The topological polar surface area (TPSA) is 61.0 Å². The molecular formula is C6H14O3. The summed E-state index contributed by atoms with van der Waals surface area (Å²) in [6, 6.07) is 0. The molecule has 9 heavy (non-hydrogen) atoms. The highest BCUT2D eigenvalue weighted by Crippen LogP contribution is 2.18. The van der Waals surface area contributed by atoms with Crippen LogP contribution in [-0.2, 0) is 4.74 Å². The van der Waals surface area contributed by atoms with Crippen LogP contribution < -0.4 is 0 Å². The van der Waals surface area contributed by atoms with E-state index in [2.05, 4.69) is 6.92 Å². The Balaban J connectivity index is 0.000000640. The lowest BCUT2D eigenvalue weighted by atomic mass is 10.1. The van der Waals surface area contributed by atoms with Crippen molar-refractivity contribution in [2.75, 3.05) is 13.2 Å². The minimum absolute atomic E-state index is 0. The molecule has 0 bridgehead atoms. The highest BCUT2D eigenvalue weighted by Gasteiger charge is 2.22. The van der Waals surface area contributed by atoms with Crippen molar-refractivity contribution in [1.29, 1.82) is 0 Å². The first-order valence-electron chi connectivity index (χ1n) is 3.07. The van der Waals surface area contributed by atoms with Crippen LogP contribution in [0.3, 0.4) is 0 Å². The van der Waals surface area contributed by atoms with Gasteiger partial charge in [0.05, 0.1) is 12.7 Å². The standard InChI is InChI=1S/C6H12O2.H2O/c1-5-2-3-8-6(5)4-7;/h5-7H,2-4H2,1H3;1H2. The molecule has 3 heteroatoms. The van der Waals surface area contributed by atoms with Crippen molar-refractivity contribution < 1.29 is 15.3 Å². The molecule has 56 valence electrons. The molecule has 0 amide bonds. The van der Waals surface area contributed by atoms with Crippen LogP contribution in [0, 0.1) is 5.92 Å². The maximum absolute atomic E-state index is 8.61. The van der Waals surface area contributed by atoms with Gasteiger partial charge in [-0.1, -0.05) is 6.92 Å². The third kappa shape index (κ3) is 1.93. The summed E-state index contributed by atoms with van der Waals surface area (Å²) in [5.74, 6) is 0.556. The number of ether oxygens (including phenoxy) is 1. The second kappa shape index (κ2) is 3.82. The second-order valence-electron chi connectivity index (χ2n) is 2.36. The SMILES string of the molecule is CC1CCOC1CO.O. The molecule has 1 fully saturated rings. The van der Waals surface area contributed by atoms with Crippen LogP contribution in [0.4, 0.5) is 0 Å². The van der Waals surface area contributed by atoms with E-state index in [1.54, 1.807) is 0 Å². The van der Waals surface area contributed by atoms with E-state index in [1.807, 2.05) is 0 Å². The molecule has 1 saturated heterocycles. The highest BCUT2D eigenvalue weighted by atomic mass is 16.5. The molecule has 0 saturated carbocycles. The zero-order chi connectivity index (χ0) is 5.98. The number of aliphatic hydroxyl groups is 1. The van der Waals surface area contributed by atoms with Crippen LogP contribution in [0.5, 0.6) is 0 Å². The van der Waals surface area contributed by atoms with Crippen molar-refractivity contribution in [2.24, 2.45) is 5.92 Å². The van der Waals surface area contributed by atoms with E-state index in [0.717, 1.165) is 13.0 Å². The summed E-state index contributed by atoms with van der Waals surface area (Å²) in [5.41, 5.74) is 0. The van der Waals surface area contributed by atoms with Crippen molar-refractivity contribution in [3.63, 3.8) is 0 Å². The van der Waals surface area contributed by atoms with Crippen molar-refractivity contribution in [3.05, 3.63) is 0 Å². The lowest BCUT2D eigenvalue weighted by Gasteiger charge is -2.08. The summed E-state index contributed by atoms with van der Waals surface area (Å²) in [7, 11) is 0. The fraction of sp³-hybridized carbons (Fsp3) is 1.00. The molecule has 2 atom stereocenters. The number of rotatable bonds is 1. The fourth-order valence-corrected chi connectivity index (χ4v) is 0.988. The van der Waals surface area contributed by atoms with Gasteiger partial charge in [-0.15, -0.1) is 0 Å². The first-order chi connectivity index (χ1) is 3.84. The Bertz CT molecular complexity index is 74.7. The van der Waals surface area contributed by atoms with E-state index in [9.17, 15) is 0 Å². The molecule has 0 aromatic rings. The fourth-order valence-electron chi connectivity index (χ4n) is 0.988. The van der Waals surface area contributed by atoms with Gasteiger partial charge in [0.2, 0.25) is 0 Å². The van der Waals surface area contributed by atoms with Crippen molar-refractivity contribution in [2.45, 2.75) is 19.4 Å². The predicted octanol–water partition coefficient (Wildman–Crippen LogP) is -0.421. The Morgan fingerprint density at radius 1 is 1.67 bits per heavy atom. The molecule has 1 aliphatic rings. The molecule has 3 nitrogen and oxygen atoms in total. The summed E-state index contributed by atoms with van der Waals surface area (Å²) in [4.78, 5) is 0. The van der Waals surface area contributed by atoms with E-state index in [4.69, 9.17) is 9.84 Å². The Labute approximate surface area is 54.9 Å². The maximum atomic E-state index is 8.61. The van der Waals surface area contributed by atoms with Crippen LogP contribution in [0.1, 0.15) is 13.3 Å². The average molecular weight is 134 g/mol. The number of aliphatic hydroxyl groups excluding tert-OH is 1. The zero-order valence-corrected chi connectivity index (χ0v) is 5.63. The summed E-state index contributed by atoms with van der Waals surface area (Å²) < 4.78 is 5.16. The minimum Gasteiger partial charge on any atom is -0.412 e. The minimum atomic E-state index is 0. The van der Waals surface area contributed by atoms with Gasteiger partial charge >= 0.3 is 0 Å². The summed E-state index contributed by atoms with van der Waals surface area (Å²) in [6.45, 7) is 3.11. The van der Waals surface area contributed by atoms with Gasteiger partial charge in [-0.25, -0.2) is 0 Å². The molecule has 2 unspecified atom stereocenters. The zero-order valence-electron chi connectivity index (χ0n) is 5.63. The third-order valence-electron chi connectivity index (χ3n) is 1.72. The average Bonchev–Trinajstić information content (AvgIpc) is 2.14. The highest BCUT2D eigenvalue weighted by molar-refractivity contribution is 4.70. The smallest absolute Gasteiger partial charge is 0.0832 e. The third-order valence-corrected chi connectivity index (χ3v) is 1.72. The monoisotopic (exact) mass is 134 g/mol. The van der Waals surface area contributed by atoms with Crippen LogP contribution in [0.15, 0.2) is 0 Å². The molecule has 1 heterocycles. The van der Waals surface area contributed by atoms with Crippen LogP contribution in [0.25, 0.3) is 0 Å². The Morgan fingerprint density at radius 3 is 2.56 bits per heavy atom. The first kappa shape index (κ1) is 8.88. The van der Waals surface area contributed by atoms with E-state index in [1.165, 1.54) is 0 Å². The van der Waals surface area contributed by atoms with Gasteiger partial charge in [0.1, 0.15) is 0 Å². The molecule has 0 aliphatic carbocycles. The maximum Gasteiger partial charge on any atom is 0.0832 e. The molecule has 0 aromatic heterocycles. The summed E-state index contributed by atoms with van der Waals surface area (Å²) in [5, 5.41) is 8.61. The van der Waals surface area contributed by atoms with Gasteiger partial charge in [-0.2, -0.15) is 0 Å². The molecule has 3 N–H and O–H groups in total. The largest absolute Gasteiger partial charge is 0.412 e. The first-order valence-corrected chi connectivity index (χ1v) is 3.07. The normalized spacial score (nSPS) is 34.0. The van der Waals surface area contributed by atoms with Gasteiger partial charge in [-0.3, -0.25) is 0 Å². The Hall–Kier alpha value is -0.120. The van der Waals surface area contributed by atoms with Crippen LogP contribution in [0.2, 0.25) is 0 Å². The van der Waals surface area contributed by atoms with Gasteiger partial charge in [-0.05, 0) is 12.3 Å². The van der Waals surface area contributed by atoms with E-state index in [-0.39, 0.29) is 18.2 Å². The number of hydrogen-bond donors (Lipinski definition) is 1. The quantitative estimate of drug-likeness (QED) is 0.529. The van der Waals surface area contributed by atoms with Gasteiger partial charge in [0.25, 0.3) is 0 Å². The van der Waals surface area contributed by atoms with Crippen molar-refractivity contribution >= 4 is 0 Å². The van der Waals surface area contributed by atoms with E-state index < -0.39 is 0 Å². The van der Waals surface area contributed by atoms with Crippen molar-refractivity contribution in [3.8, 4) is 0 Å². The number of hydrogen-bond acceptors (Lipinski definition) is 2. The molecule has 0 aromatic carbocycles. The molecule has 1 aliphatic heterocycles. The lowest BCUT2D eigenvalue weighted by Crippen LogP contribution is -2.17. The van der Waals surface area contributed by atoms with Gasteiger partial charge < -0.3 is 15.3 Å².